The lowest BCUT2D eigenvalue weighted by Gasteiger charge is -2.09. The maximum Gasteiger partial charge on any atom is 0.123 e. The summed E-state index contributed by atoms with van der Waals surface area (Å²) in [6, 6.07) is 4.10. The van der Waals surface area contributed by atoms with E-state index in [0.29, 0.717) is 17.1 Å². The fourth-order valence-electron chi connectivity index (χ4n) is 1.12. The first-order valence-electron chi connectivity index (χ1n) is 4.57. The van der Waals surface area contributed by atoms with Crippen molar-refractivity contribution in [3.63, 3.8) is 0 Å². The molecule has 1 aromatic carbocycles. The van der Waals surface area contributed by atoms with E-state index in [9.17, 15) is 4.39 Å². The third-order valence-corrected chi connectivity index (χ3v) is 2.28. The molecule has 15 heavy (non-hydrogen) atoms. The average Bonchev–Trinajstić information content (AvgIpc) is 2.23. The Balaban J connectivity index is 2.46. The fourth-order valence-corrected chi connectivity index (χ4v) is 1.30. The Labute approximate surface area is 92.5 Å². The molecule has 0 fully saturated rings. The SMILES string of the molecule is OCC(O)CNCc1cc(F)ccc1Cl. The first kappa shape index (κ1) is 12.4. The molecule has 0 aliphatic heterocycles. The van der Waals surface area contributed by atoms with Crippen LogP contribution >= 0.6 is 11.6 Å². The van der Waals surface area contributed by atoms with Crippen molar-refractivity contribution in [2.45, 2.75) is 12.6 Å². The Hall–Kier alpha value is -0.680. The molecule has 1 aromatic rings. The molecular weight excluding hydrogens is 221 g/mol. The summed E-state index contributed by atoms with van der Waals surface area (Å²) in [7, 11) is 0. The van der Waals surface area contributed by atoms with Crippen molar-refractivity contribution in [1.82, 2.24) is 5.32 Å². The molecule has 0 aliphatic rings. The Morgan fingerprint density at radius 3 is 2.87 bits per heavy atom. The fraction of sp³-hybridized carbons (Fsp3) is 0.400. The molecule has 0 aliphatic carbocycles. The second kappa shape index (κ2) is 6.02. The minimum absolute atomic E-state index is 0.239. The minimum atomic E-state index is -0.808. The molecule has 1 rings (SSSR count). The van der Waals surface area contributed by atoms with Crippen LogP contribution in [0.15, 0.2) is 18.2 Å². The zero-order chi connectivity index (χ0) is 11.3. The van der Waals surface area contributed by atoms with Gasteiger partial charge in [-0.2, -0.15) is 0 Å². The normalized spacial score (nSPS) is 12.8. The molecular formula is C10H13ClFNO2. The molecule has 0 bridgehead atoms. The standard InChI is InChI=1S/C10H13ClFNO2/c11-10-2-1-8(12)3-7(10)4-13-5-9(15)6-14/h1-3,9,13-15H,4-6H2. The van der Waals surface area contributed by atoms with Crippen molar-refractivity contribution in [2.75, 3.05) is 13.2 Å². The molecule has 1 unspecified atom stereocenters. The third-order valence-electron chi connectivity index (χ3n) is 1.91. The lowest BCUT2D eigenvalue weighted by atomic mass is 10.2. The maximum absolute atomic E-state index is 12.8. The van der Waals surface area contributed by atoms with Crippen LogP contribution in [-0.2, 0) is 6.54 Å². The Morgan fingerprint density at radius 1 is 1.47 bits per heavy atom. The first-order chi connectivity index (χ1) is 7.13. The van der Waals surface area contributed by atoms with E-state index in [-0.39, 0.29) is 19.0 Å². The van der Waals surface area contributed by atoms with Gasteiger partial charge in [-0.05, 0) is 23.8 Å². The van der Waals surface area contributed by atoms with Crippen molar-refractivity contribution < 1.29 is 14.6 Å². The van der Waals surface area contributed by atoms with Crippen LogP contribution in [0.1, 0.15) is 5.56 Å². The average molecular weight is 234 g/mol. The van der Waals surface area contributed by atoms with E-state index in [0.717, 1.165) is 0 Å². The van der Waals surface area contributed by atoms with Crippen LogP contribution < -0.4 is 5.32 Å². The van der Waals surface area contributed by atoms with Gasteiger partial charge in [0.25, 0.3) is 0 Å². The van der Waals surface area contributed by atoms with Gasteiger partial charge in [-0.25, -0.2) is 4.39 Å². The van der Waals surface area contributed by atoms with Gasteiger partial charge in [-0.3, -0.25) is 0 Å². The third kappa shape index (κ3) is 4.13. The van der Waals surface area contributed by atoms with Crippen molar-refractivity contribution in [3.05, 3.63) is 34.6 Å². The van der Waals surface area contributed by atoms with Crippen molar-refractivity contribution in [3.8, 4) is 0 Å². The molecule has 5 heteroatoms. The summed E-state index contributed by atoms with van der Waals surface area (Å²) in [6.07, 6.45) is -0.808. The summed E-state index contributed by atoms with van der Waals surface area (Å²) < 4.78 is 12.8. The van der Waals surface area contributed by atoms with Gasteiger partial charge in [0.1, 0.15) is 5.82 Å². The lowest BCUT2D eigenvalue weighted by molar-refractivity contribution is 0.0942. The van der Waals surface area contributed by atoms with E-state index in [1.165, 1.54) is 18.2 Å². The van der Waals surface area contributed by atoms with E-state index >= 15 is 0 Å². The summed E-state index contributed by atoms with van der Waals surface area (Å²) in [5.41, 5.74) is 0.627. The second-order valence-electron chi connectivity index (χ2n) is 3.20. The topological polar surface area (TPSA) is 52.5 Å². The zero-order valence-corrected chi connectivity index (χ0v) is 8.84. The second-order valence-corrected chi connectivity index (χ2v) is 3.61. The predicted octanol–water partition coefficient (Wildman–Crippen LogP) is 0.922. The van der Waals surface area contributed by atoms with Gasteiger partial charge in [-0.1, -0.05) is 11.6 Å². The lowest BCUT2D eigenvalue weighted by Crippen LogP contribution is -2.29. The van der Waals surface area contributed by atoms with Gasteiger partial charge < -0.3 is 15.5 Å². The van der Waals surface area contributed by atoms with Gasteiger partial charge in [0.15, 0.2) is 0 Å². The molecule has 0 radical (unpaired) electrons. The van der Waals surface area contributed by atoms with E-state index in [2.05, 4.69) is 5.32 Å². The number of aliphatic hydroxyl groups is 2. The van der Waals surface area contributed by atoms with Crippen LogP contribution in [0, 0.1) is 5.82 Å². The molecule has 0 spiro atoms. The number of hydrogen-bond acceptors (Lipinski definition) is 3. The molecule has 0 saturated heterocycles. The number of hydrogen-bond donors (Lipinski definition) is 3. The zero-order valence-electron chi connectivity index (χ0n) is 8.08. The Bertz CT molecular complexity index is 322. The molecule has 84 valence electrons. The van der Waals surface area contributed by atoms with Crippen LogP contribution in [0.3, 0.4) is 0 Å². The molecule has 0 amide bonds. The number of nitrogens with one attached hydrogen (secondary N) is 1. The summed E-state index contributed by atoms with van der Waals surface area (Å²) in [6.45, 7) is 0.293. The van der Waals surface area contributed by atoms with Gasteiger partial charge in [0, 0.05) is 18.1 Å². The number of benzene rings is 1. The highest BCUT2D eigenvalue weighted by Gasteiger charge is 2.04. The number of aliphatic hydroxyl groups excluding tert-OH is 2. The smallest absolute Gasteiger partial charge is 0.123 e. The Kier molecular flexibility index (Phi) is 4.98. The van der Waals surface area contributed by atoms with Crippen LogP contribution in [0.5, 0.6) is 0 Å². The molecule has 0 saturated carbocycles. The van der Waals surface area contributed by atoms with Gasteiger partial charge in [0.05, 0.1) is 12.7 Å². The van der Waals surface area contributed by atoms with Crippen molar-refractivity contribution in [2.24, 2.45) is 0 Å². The molecule has 3 N–H and O–H groups in total. The highest BCUT2D eigenvalue weighted by atomic mass is 35.5. The number of halogens is 2. The van der Waals surface area contributed by atoms with Crippen LogP contribution in [0.4, 0.5) is 4.39 Å². The van der Waals surface area contributed by atoms with E-state index in [1.54, 1.807) is 0 Å². The summed E-state index contributed by atoms with van der Waals surface area (Å²) in [5.74, 6) is -0.348. The quantitative estimate of drug-likeness (QED) is 0.709. The largest absolute Gasteiger partial charge is 0.394 e. The maximum atomic E-state index is 12.8. The van der Waals surface area contributed by atoms with Gasteiger partial charge >= 0.3 is 0 Å². The van der Waals surface area contributed by atoms with Crippen molar-refractivity contribution >= 4 is 11.6 Å². The van der Waals surface area contributed by atoms with E-state index in [4.69, 9.17) is 21.8 Å². The minimum Gasteiger partial charge on any atom is -0.394 e. The van der Waals surface area contributed by atoms with E-state index in [1.807, 2.05) is 0 Å². The van der Waals surface area contributed by atoms with Crippen LogP contribution in [0.2, 0.25) is 5.02 Å². The van der Waals surface area contributed by atoms with Crippen LogP contribution in [0.25, 0.3) is 0 Å². The summed E-state index contributed by atoms with van der Waals surface area (Å²) in [5, 5.41) is 20.9. The van der Waals surface area contributed by atoms with Gasteiger partial charge in [0.2, 0.25) is 0 Å². The summed E-state index contributed by atoms with van der Waals surface area (Å²) >= 11 is 5.83. The van der Waals surface area contributed by atoms with Gasteiger partial charge in [-0.15, -0.1) is 0 Å². The van der Waals surface area contributed by atoms with Crippen LogP contribution in [-0.4, -0.2) is 29.5 Å². The molecule has 0 heterocycles. The van der Waals surface area contributed by atoms with E-state index < -0.39 is 6.10 Å². The molecule has 1 atom stereocenters. The highest BCUT2D eigenvalue weighted by Crippen LogP contribution is 2.16. The number of rotatable bonds is 5. The molecule has 3 nitrogen and oxygen atoms in total. The van der Waals surface area contributed by atoms with Crippen molar-refractivity contribution in [1.29, 1.82) is 0 Å². The predicted molar refractivity (Wildman–Crippen MR) is 56.2 cm³/mol. The first-order valence-corrected chi connectivity index (χ1v) is 4.95. The monoisotopic (exact) mass is 233 g/mol. The summed E-state index contributed by atoms with van der Waals surface area (Å²) in [4.78, 5) is 0. The molecule has 0 aromatic heterocycles. The Morgan fingerprint density at radius 2 is 2.20 bits per heavy atom. The highest BCUT2D eigenvalue weighted by molar-refractivity contribution is 6.31.